The average Bonchev–Trinajstić information content (AvgIpc) is 2.30. The number of hydrogen-bond acceptors (Lipinski definition) is 2. The van der Waals surface area contributed by atoms with Crippen LogP contribution in [0.15, 0.2) is 24.3 Å². The molecular formula is C17H29NO. The molecule has 0 saturated carbocycles. The molecule has 1 aromatic rings. The summed E-state index contributed by atoms with van der Waals surface area (Å²) in [6.45, 7) is 10.7. The molecule has 0 radical (unpaired) electrons. The predicted octanol–water partition coefficient (Wildman–Crippen LogP) is 3.34. The van der Waals surface area contributed by atoms with E-state index in [1.807, 2.05) is 0 Å². The molecule has 0 aliphatic heterocycles. The molecule has 0 amide bonds. The first kappa shape index (κ1) is 16.2. The van der Waals surface area contributed by atoms with E-state index in [2.05, 4.69) is 63.9 Å². The quantitative estimate of drug-likeness (QED) is 0.815. The van der Waals surface area contributed by atoms with Crippen molar-refractivity contribution in [3.05, 3.63) is 35.4 Å². The van der Waals surface area contributed by atoms with Gasteiger partial charge in [0, 0.05) is 25.1 Å². The van der Waals surface area contributed by atoms with Gasteiger partial charge in [-0.2, -0.15) is 0 Å². The maximum atomic E-state index is 9.30. The fourth-order valence-electron chi connectivity index (χ4n) is 2.40. The molecular weight excluding hydrogens is 234 g/mol. The fraction of sp³-hybridized carbons (Fsp3) is 0.647. The minimum absolute atomic E-state index is 0.0354. The first-order valence-electron chi connectivity index (χ1n) is 7.19. The summed E-state index contributed by atoms with van der Waals surface area (Å²) < 4.78 is 0. The Labute approximate surface area is 118 Å². The standard InChI is InChI=1S/C17H29NO/c1-14(2)10-15-6-8-16(9-7-15)11-18(5)12-17(3,4)13-19/h6-9,14,19H,10-13H2,1-5H3. The van der Waals surface area contributed by atoms with E-state index in [0.29, 0.717) is 5.92 Å². The first-order valence-corrected chi connectivity index (χ1v) is 7.19. The summed E-state index contributed by atoms with van der Waals surface area (Å²) in [5.74, 6) is 0.707. The number of hydrogen-bond donors (Lipinski definition) is 1. The van der Waals surface area contributed by atoms with Gasteiger partial charge < -0.3 is 10.0 Å². The van der Waals surface area contributed by atoms with Crippen molar-refractivity contribution < 1.29 is 5.11 Å². The van der Waals surface area contributed by atoms with E-state index in [0.717, 1.165) is 19.5 Å². The van der Waals surface area contributed by atoms with E-state index >= 15 is 0 Å². The second-order valence-electron chi connectivity index (χ2n) is 6.91. The lowest BCUT2D eigenvalue weighted by atomic mass is 9.94. The molecule has 0 heterocycles. The molecule has 1 rings (SSSR count). The molecule has 0 atom stereocenters. The van der Waals surface area contributed by atoms with Crippen LogP contribution in [-0.2, 0) is 13.0 Å². The summed E-state index contributed by atoms with van der Waals surface area (Å²) >= 11 is 0. The molecule has 0 unspecified atom stereocenters. The zero-order valence-electron chi connectivity index (χ0n) is 13.1. The molecule has 1 aromatic carbocycles. The molecule has 0 spiro atoms. The number of aliphatic hydroxyl groups excluding tert-OH is 1. The highest BCUT2D eigenvalue weighted by molar-refractivity contribution is 5.22. The van der Waals surface area contributed by atoms with E-state index in [4.69, 9.17) is 0 Å². The lowest BCUT2D eigenvalue weighted by molar-refractivity contribution is 0.112. The normalized spacial score (nSPS) is 12.4. The van der Waals surface area contributed by atoms with Gasteiger partial charge in [-0.15, -0.1) is 0 Å². The molecule has 0 aliphatic rings. The van der Waals surface area contributed by atoms with E-state index in [1.165, 1.54) is 11.1 Å². The minimum atomic E-state index is -0.0354. The summed E-state index contributed by atoms with van der Waals surface area (Å²) in [5.41, 5.74) is 2.72. The van der Waals surface area contributed by atoms with Crippen LogP contribution in [0.1, 0.15) is 38.8 Å². The summed E-state index contributed by atoms with van der Waals surface area (Å²) in [4.78, 5) is 2.27. The Morgan fingerprint density at radius 3 is 2.11 bits per heavy atom. The van der Waals surface area contributed by atoms with Crippen molar-refractivity contribution in [3.63, 3.8) is 0 Å². The van der Waals surface area contributed by atoms with Crippen LogP contribution in [-0.4, -0.2) is 30.2 Å². The maximum absolute atomic E-state index is 9.30. The average molecular weight is 263 g/mol. The van der Waals surface area contributed by atoms with Gasteiger partial charge in [0.15, 0.2) is 0 Å². The number of nitrogens with zero attached hydrogens (tertiary/aromatic N) is 1. The Hall–Kier alpha value is -0.860. The van der Waals surface area contributed by atoms with Gasteiger partial charge in [0.2, 0.25) is 0 Å². The molecule has 1 N–H and O–H groups in total. The van der Waals surface area contributed by atoms with Crippen LogP contribution in [0.4, 0.5) is 0 Å². The maximum Gasteiger partial charge on any atom is 0.0494 e. The fourth-order valence-corrected chi connectivity index (χ4v) is 2.40. The molecule has 2 nitrogen and oxygen atoms in total. The lowest BCUT2D eigenvalue weighted by Crippen LogP contribution is -2.33. The zero-order valence-corrected chi connectivity index (χ0v) is 13.1. The summed E-state index contributed by atoms with van der Waals surface area (Å²) in [7, 11) is 2.11. The third-order valence-corrected chi connectivity index (χ3v) is 3.25. The van der Waals surface area contributed by atoms with Gasteiger partial charge in [-0.3, -0.25) is 0 Å². The topological polar surface area (TPSA) is 23.5 Å². The van der Waals surface area contributed by atoms with Crippen LogP contribution in [0.25, 0.3) is 0 Å². The number of aliphatic hydroxyl groups is 1. The highest BCUT2D eigenvalue weighted by Gasteiger charge is 2.18. The summed E-state index contributed by atoms with van der Waals surface area (Å²) in [5, 5.41) is 9.30. The summed E-state index contributed by atoms with van der Waals surface area (Å²) in [6, 6.07) is 8.92. The Morgan fingerprint density at radius 1 is 1.11 bits per heavy atom. The van der Waals surface area contributed by atoms with E-state index in [1.54, 1.807) is 0 Å². The van der Waals surface area contributed by atoms with E-state index in [-0.39, 0.29) is 12.0 Å². The van der Waals surface area contributed by atoms with Gasteiger partial charge in [-0.05, 0) is 30.5 Å². The van der Waals surface area contributed by atoms with Gasteiger partial charge in [0.25, 0.3) is 0 Å². The third kappa shape index (κ3) is 6.22. The Morgan fingerprint density at radius 2 is 1.63 bits per heavy atom. The second kappa shape index (κ2) is 7.06. The van der Waals surface area contributed by atoms with Crippen LogP contribution in [0.5, 0.6) is 0 Å². The first-order chi connectivity index (χ1) is 8.82. The van der Waals surface area contributed by atoms with Gasteiger partial charge in [-0.1, -0.05) is 52.0 Å². The van der Waals surface area contributed by atoms with Crippen molar-refractivity contribution >= 4 is 0 Å². The van der Waals surface area contributed by atoms with Gasteiger partial charge in [-0.25, -0.2) is 0 Å². The zero-order chi connectivity index (χ0) is 14.5. The van der Waals surface area contributed by atoms with Gasteiger partial charge in [0.05, 0.1) is 0 Å². The highest BCUT2D eigenvalue weighted by Crippen LogP contribution is 2.17. The molecule has 2 heteroatoms. The van der Waals surface area contributed by atoms with Crippen LogP contribution in [0, 0.1) is 11.3 Å². The van der Waals surface area contributed by atoms with Gasteiger partial charge >= 0.3 is 0 Å². The van der Waals surface area contributed by atoms with Crippen molar-refractivity contribution in [1.29, 1.82) is 0 Å². The molecule has 19 heavy (non-hydrogen) atoms. The molecule has 108 valence electrons. The van der Waals surface area contributed by atoms with Crippen molar-refractivity contribution in [2.24, 2.45) is 11.3 Å². The lowest BCUT2D eigenvalue weighted by Gasteiger charge is -2.28. The largest absolute Gasteiger partial charge is 0.396 e. The highest BCUT2D eigenvalue weighted by atomic mass is 16.3. The number of benzene rings is 1. The van der Waals surface area contributed by atoms with Crippen LogP contribution >= 0.6 is 0 Å². The number of rotatable bonds is 7. The molecule has 0 bridgehead atoms. The molecule has 0 fully saturated rings. The van der Waals surface area contributed by atoms with E-state index in [9.17, 15) is 5.11 Å². The third-order valence-electron chi connectivity index (χ3n) is 3.25. The Kier molecular flexibility index (Phi) is 6.02. The van der Waals surface area contributed by atoms with E-state index < -0.39 is 0 Å². The van der Waals surface area contributed by atoms with Crippen LogP contribution in [0.2, 0.25) is 0 Å². The van der Waals surface area contributed by atoms with Crippen molar-refractivity contribution in [2.45, 2.75) is 40.7 Å². The van der Waals surface area contributed by atoms with Crippen LogP contribution < -0.4 is 0 Å². The minimum Gasteiger partial charge on any atom is -0.396 e. The predicted molar refractivity (Wildman–Crippen MR) is 82.2 cm³/mol. The smallest absolute Gasteiger partial charge is 0.0494 e. The monoisotopic (exact) mass is 263 g/mol. The van der Waals surface area contributed by atoms with Crippen molar-refractivity contribution in [3.8, 4) is 0 Å². The van der Waals surface area contributed by atoms with Crippen molar-refractivity contribution in [1.82, 2.24) is 4.90 Å². The van der Waals surface area contributed by atoms with Crippen molar-refractivity contribution in [2.75, 3.05) is 20.2 Å². The molecule has 0 aliphatic carbocycles. The SMILES string of the molecule is CC(C)Cc1ccc(CN(C)CC(C)(C)CO)cc1. The van der Waals surface area contributed by atoms with Crippen LogP contribution in [0.3, 0.4) is 0 Å². The molecule has 0 aromatic heterocycles. The Bertz CT molecular complexity index is 367. The van der Waals surface area contributed by atoms with Gasteiger partial charge in [0.1, 0.15) is 0 Å². The second-order valence-corrected chi connectivity index (χ2v) is 6.91. The summed E-state index contributed by atoms with van der Waals surface area (Å²) in [6.07, 6.45) is 1.15. The molecule has 0 saturated heterocycles. The Balaban J connectivity index is 2.53.